The van der Waals surface area contributed by atoms with Crippen LogP contribution in [0.2, 0.25) is 0 Å². The molecule has 1 aromatic heterocycles. The van der Waals surface area contributed by atoms with E-state index in [0.717, 1.165) is 25.3 Å². The molecule has 1 aliphatic rings. The third-order valence-corrected chi connectivity index (χ3v) is 4.32. The molecular weight excluding hydrogens is 353 g/mol. The van der Waals surface area contributed by atoms with Crippen molar-refractivity contribution in [2.45, 2.75) is 50.5 Å². The Morgan fingerprint density at radius 3 is 2.58 bits per heavy atom. The van der Waals surface area contributed by atoms with E-state index in [2.05, 4.69) is 10.2 Å². The molecule has 2 aromatic rings. The van der Waals surface area contributed by atoms with Gasteiger partial charge in [-0.05, 0) is 37.8 Å². The Morgan fingerprint density at radius 1 is 1.19 bits per heavy atom. The topological polar surface area (TPSA) is 85.5 Å². The standard InChI is InChI=1S/C17H17F3N2O4/c18-17(19,20)12-7-3-2-6-11(12)14-22-21-13(26-14)10-25-15(23)16(24)8-4-1-5-9-16/h2-3,6-7,24H,1,4-5,8-10H2. The lowest BCUT2D eigenvalue weighted by Crippen LogP contribution is -2.41. The fourth-order valence-corrected chi connectivity index (χ4v) is 2.94. The Bertz CT molecular complexity index is 782. The van der Waals surface area contributed by atoms with E-state index >= 15 is 0 Å². The third-order valence-electron chi connectivity index (χ3n) is 4.32. The second-order valence-electron chi connectivity index (χ2n) is 6.21. The molecule has 0 atom stereocenters. The lowest BCUT2D eigenvalue weighted by atomic mass is 9.85. The number of carbonyl (C=O) groups excluding carboxylic acids is 1. The molecule has 1 aromatic carbocycles. The van der Waals surface area contributed by atoms with E-state index in [-0.39, 0.29) is 17.3 Å². The maximum Gasteiger partial charge on any atom is 0.417 e. The minimum Gasteiger partial charge on any atom is -0.453 e. The number of ether oxygens (including phenoxy) is 1. The zero-order valence-corrected chi connectivity index (χ0v) is 13.8. The van der Waals surface area contributed by atoms with Crippen molar-refractivity contribution in [3.05, 3.63) is 35.7 Å². The third kappa shape index (κ3) is 3.87. The molecule has 1 heterocycles. The van der Waals surface area contributed by atoms with Crippen molar-refractivity contribution in [2.24, 2.45) is 0 Å². The van der Waals surface area contributed by atoms with E-state index in [0.29, 0.717) is 12.8 Å². The first-order valence-electron chi connectivity index (χ1n) is 8.18. The first kappa shape index (κ1) is 18.4. The summed E-state index contributed by atoms with van der Waals surface area (Å²) in [5.74, 6) is -1.25. The summed E-state index contributed by atoms with van der Waals surface area (Å²) in [7, 11) is 0. The lowest BCUT2D eigenvalue weighted by Gasteiger charge is -2.29. The SMILES string of the molecule is O=C(OCc1nnc(-c2ccccc2C(F)(F)F)o1)C1(O)CCCCC1. The number of nitrogens with zero attached hydrogens (tertiary/aromatic N) is 2. The average Bonchev–Trinajstić information content (AvgIpc) is 3.08. The van der Waals surface area contributed by atoms with Crippen LogP contribution in [0.4, 0.5) is 13.2 Å². The van der Waals surface area contributed by atoms with Gasteiger partial charge < -0.3 is 14.3 Å². The van der Waals surface area contributed by atoms with Crippen LogP contribution in [0.5, 0.6) is 0 Å². The van der Waals surface area contributed by atoms with Crippen LogP contribution in [0.15, 0.2) is 28.7 Å². The summed E-state index contributed by atoms with van der Waals surface area (Å²) >= 11 is 0. The van der Waals surface area contributed by atoms with Crippen LogP contribution >= 0.6 is 0 Å². The van der Waals surface area contributed by atoms with Gasteiger partial charge in [-0.3, -0.25) is 0 Å². The van der Waals surface area contributed by atoms with Crippen molar-refractivity contribution in [2.75, 3.05) is 0 Å². The number of halogens is 3. The molecule has 3 rings (SSSR count). The molecule has 0 bridgehead atoms. The number of esters is 1. The number of aromatic nitrogens is 2. The van der Waals surface area contributed by atoms with Crippen LogP contribution in [0.1, 0.15) is 43.6 Å². The highest BCUT2D eigenvalue weighted by atomic mass is 19.4. The van der Waals surface area contributed by atoms with Crippen LogP contribution < -0.4 is 0 Å². The summed E-state index contributed by atoms with van der Waals surface area (Å²) in [6.45, 7) is -0.414. The lowest BCUT2D eigenvalue weighted by molar-refractivity contribution is -0.171. The quantitative estimate of drug-likeness (QED) is 0.829. The van der Waals surface area contributed by atoms with E-state index in [4.69, 9.17) is 9.15 Å². The molecule has 0 spiro atoms. The van der Waals surface area contributed by atoms with Crippen molar-refractivity contribution in [1.82, 2.24) is 10.2 Å². The Kier molecular flexibility index (Phi) is 4.99. The fourth-order valence-electron chi connectivity index (χ4n) is 2.94. The average molecular weight is 370 g/mol. The molecule has 1 saturated carbocycles. The molecule has 0 radical (unpaired) electrons. The Morgan fingerprint density at radius 2 is 1.88 bits per heavy atom. The van der Waals surface area contributed by atoms with E-state index in [1.807, 2.05) is 0 Å². The van der Waals surface area contributed by atoms with Gasteiger partial charge in [-0.15, -0.1) is 10.2 Å². The number of alkyl halides is 3. The maximum absolute atomic E-state index is 13.1. The van der Waals surface area contributed by atoms with Crippen molar-refractivity contribution in [3.63, 3.8) is 0 Å². The predicted octanol–water partition coefficient (Wildman–Crippen LogP) is 3.49. The predicted molar refractivity (Wildman–Crippen MR) is 82.6 cm³/mol. The molecule has 0 amide bonds. The molecule has 0 unspecified atom stereocenters. The number of hydrogen-bond donors (Lipinski definition) is 1. The highest BCUT2D eigenvalue weighted by molar-refractivity contribution is 5.79. The van der Waals surface area contributed by atoms with Gasteiger partial charge in [0.2, 0.25) is 5.89 Å². The first-order valence-corrected chi connectivity index (χ1v) is 8.18. The highest BCUT2D eigenvalue weighted by Gasteiger charge is 2.39. The van der Waals surface area contributed by atoms with Gasteiger partial charge in [-0.25, -0.2) is 4.79 Å². The monoisotopic (exact) mass is 370 g/mol. The molecule has 1 aliphatic carbocycles. The molecular formula is C17H17F3N2O4. The van der Waals surface area contributed by atoms with E-state index in [1.165, 1.54) is 18.2 Å². The van der Waals surface area contributed by atoms with Gasteiger partial charge in [0.15, 0.2) is 12.2 Å². The molecule has 26 heavy (non-hydrogen) atoms. The molecule has 1 fully saturated rings. The Balaban J connectivity index is 1.70. The summed E-state index contributed by atoms with van der Waals surface area (Å²) in [4.78, 5) is 12.0. The van der Waals surface area contributed by atoms with Crippen molar-refractivity contribution < 1.29 is 32.2 Å². The molecule has 6 nitrogen and oxygen atoms in total. The number of hydrogen-bond acceptors (Lipinski definition) is 6. The fraction of sp³-hybridized carbons (Fsp3) is 0.471. The molecule has 1 N–H and O–H groups in total. The molecule has 0 saturated heterocycles. The summed E-state index contributed by atoms with van der Waals surface area (Å²) in [6.07, 6.45) is -1.53. The minimum atomic E-state index is -4.57. The van der Waals surface area contributed by atoms with Crippen LogP contribution in [0.25, 0.3) is 11.5 Å². The van der Waals surface area contributed by atoms with Crippen molar-refractivity contribution in [3.8, 4) is 11.5 Å². The van der Waals surface area contributed by atoms with Crippen LogP contribution in [-0.2, 0) is 22.3 Å². The largest absolute Gasteiger partial charge is 0.453 e. The van der Waals surface area contributed by atoms with Gasteiger partial charge in [0, 0.05) is 0 Å². The van der Waals surface area contributed by atoms with Gasteiger partial charge in [-0.2, -0.15) is 13.2 Å². The maximum atomic E-state index is 13.1. The summed E-state index contributed by atoms with van der Waals surface area (Å²) < 4.78 is 49.4. The van der Waals surface area contributed by atoms with E-state index in [9.17, 15) is 23.1 Å². The molecule has 140 valence electrons. The normalized spacial score (nSPS) is 17.1. The summed E-state index contributed by atoms with van der Waals surface area (Å²) in [5.41, 5.74) is -2.68. The van der Waals surface area contributed by atoms with E-state index in [1.54, 1.807) is 0 Å². The molecule has 9 heteroatoms. The summed E-state index contributed by atoms with van der Waals surface area (Å²) in [6, 6.07) is 4.82. The van der Waals surface area contributed by atoms with Crippen molar-refractivity contribution in [1.29, 1.82) is 0 Å². The Hall–Kier alpha value is -2.42. The van der Waals surface area contributed by atoms with Gasteiger partial charge in [0.05, 0.1) is 11.1 Å². The van der Waals surface area contributed by atoms with Crippen LogP contribution in [0, 0.1) is 0 Å². The highest BCUT2D eigenvalue weighted by Crippen LogP contribution is 2.36. The first-order chi connectivity index (χ1) is 12.3. The summed E-state index contributed by atoms with van der Waals surface area (Å²) in [5, 5.41) is 17.5. The second kappa shape index (κ2) is 7.06. The van der Waals surface area contributed by atoms with Crippen molar-refractivity contribution >= 4 is 5.97 Å². The van der Waals surface area contributed by atoms with Crippen LogP contribution in [-0.4, -0.2) is 26.9 Å². The zero-order valence-electron chi connectivity index (χ0n) is 13.8. The number of benzene rings is 1. The van der Waals surface area contributed by atoms with Gasteiger partial charge in [0.25, 0.3) is 5.89 Å². The van der Waals surface area contributed by atoms with E-state index < -0.39 is 29.9 Å². The Labute approximate surface area is 147 Å². The number of aliphatic hydroxyl groups is 1. The minimum absolute atomic E-state index is 0.148. The zero-order chi connectivity index (χ0) is 18.8. The van der Waals surface area contributed by atoms with Gasteiger partial charge in [0.1, 0.15) is 0 Å². The van der Waals surface area contributed by atoms with Gasteiger partial charge in [-0.1, -0.05) is 18.6 Å². The molecule has 0 aliphatic heterocycles. The number of carbonyl (C=O) groups is 1. The van der Waals surface area contributed by atoms with Gasteiger partial charge >= 0.3 is 12.1 Å². The smallest absolute Gasteiger partial charge is 0.417 e. The number of rotatable bonds is 4. The second-order valence-corrected chi connectivity index (χ2v) is 6.21. The van der Waals surface area contributed by atoms with Crippen LogP contribution in [0.3, 0.4) is 0 Å².